The van der Waals surface area contributed by atoms with Crippen molar-refractivity contribution >= 4 is 64.2 Å². The van der Waals surface area contributed by atoms with Crippen molar-refractivity contribution in [2.45, 2.75) is 172 Å². The van der Waals surface area contributed by atoms with Crippen molar-refractivity contribution < 1.29 is 96.7 Å². The molecule has 1 fully saturated rings. The number of nitrogens with zero attached hydrogens (tertiary/aromatic N) is 6. The Morgan fingerprint density at radius 2 is 1.56 bits per heavy atom. The van der Waals surface area contributed by atoms with Crippen molar-refractivity contribution in [3.05, 3.63) is 145 Å². The summed E-state index contributed by atoms with van der Waals surface area (Å²) in [5.41, 5.74) is 5.69. The number of unbranched alkanes of at least 4 members (excludes halogenated alkanes) is 2. The van der Waals surface area contributed by atoms with Gasteiger partial charge in [0.2, 0.25) is 35.8 Å². The quantitative estimate of drug-likeness (QED) is 0.0222. The molecule has 12 rings (SSSR count). The number of amides is 6. The number of carbonyl (C=O) groups excluding carboxylic acids is 7. The second-order valence-electron chi connectivity index (χ2n) is 27.3. The van der Waals surface area contributed by atoms with Crippen molar-refractivity contribution in [1.29, 1.82) is 0 Å². The van der Waals surface area contributed by atoms with Crippen LogP contribution in [0.2, 0.25) is 0 Å². The second-order valence-corrected chi connectivity index (χ2v) is 27.3. The summed E-state index contributed by atoms with van der Waals surface area (Å²) in [6, 6.07) is 20.5. The number of hydrogen-bond acceptors (Lipinski definition) is 22. The Balaban J connectivity index is 0.697. The van der Waals surface area contributed by atoms with Gasteiger partial charge < -0.3 is 90.0 Å². The van der Waals surface area contributed by atoms with Gasteiger partial charge in [-0.2, -0.15) is 0 Å². The zero-order valence-corrected chi connectivity index (χ0v) is 60.0. The number of alkyl carbamates (subject to hydrolysis) is 1. The molecular weight excluding hydrogens is 1410 g/mol. The number of pyridine rings is 2. The zero-order chi connectivity index (χ0) is 76.7. The second kappa shape index (κ2) is 33.7. The number of aliphatic hydroxyl groups excluding tert-OH is 3. The molecule has 7 heterocycles. The minimum absolute atomic E-state index is 0.0207. The van der Waals surface area contributed by atoms with Gasteiger partial charge in [0, 0.05) is 98.7 Å². The van der Waals surface area contributed by atoms with Crippen LogP contribution in [0.4, 0.5) is 14.9 Å². The number of carboxylic acids is 1. The number of rotatable bonds is 30. The maximum absolute atomic E-state index is 15.7. The Morgan fingerprint density at radius 3 is 2.35 bits per heavy atom. The van der Waals surface area contributed by atoms with Crippen LogP contribution in [0.1, 0.15) is 134 Å². The lowest BCUT2D eigenvalue weighted by Gasteiger charge is -2.38. The van der Waals surface area contributed by atoms with E-state index < -0.39 is 102 Å². The van der Waals surface area contributed by atoms with E-state index in [1.54, 1.807) is 30.5 Å². The largest absolute Gasteiger partial charge is 0.479 e. The molecule has 3 aromatic heterocycles. The molecule has 6 amide bonds. The molecule has 8 atom stereocenters. The van der Waals surface area contributed by atoms with Crippen LogP contribution in [0, 0.1) is 12.7 Å². The minimum Gasteiger partial charge on any atom is -0.479 e. The first kappa shape index (κ1) is 77.0. The van der Waals surface area contributed by atoms with Gasteiger partial charge in [-0.25, -0.2) is 28.4 Å². The lowest BCUT2D eigenvalue weighted by molar-refractivity contribution is -0.271. The molecule has 4 aromatic carbocycles. The van der Waals surface area contributed by atoms with E-state index in [-0.39, 0.29) is 136 Å². The highest BCUT2D eigenvalue weighted by Crippen LogP contribution is 2.47. The zero-order valence-electron chi connectivity index (χ0n) is 60.0. The molecule has 31 nitrogen and oxygen atoms in total. The van der Waals surface area contributed by atoms with E-state index in [1.165, 1.54) is 34.9 Å². The number of methoxy groups -OCH3 is 1. The average molecular weight is 1490 g/mol. The van der Waals surface area contributed by atoms with Crippen LogP contribution in [0.15, 0.2) is 83.7 Å². The fourth-order valence-corrected chi connectivity index (χ4v) is 14.5. The molecule has 572 valence electrons. The molecule has 0 bridgehead atoms. The Bertz CT molecular complexity index is 4700. The molecular formula is C76H86FN11O20. The van der Waals surface area contributed by atoms with Crippen LogP contribution < -0.4 is 41.8 Å². The fraction of sp³-hybridized carbons (Fsp3) is 0.447. The van der Waals surface area contributed by atoms with Crippen LogP contribution in [0.3, 0.4) is 0 Å². The van der Waals surface area contributed by atoms with Crippen LogP contribution in [0.5, 0.6) is 5.75 Å². The van der Waals surface area contributed by atoms with Gasteiger partial charge in [0.05, 0.1) is 72.8 Å². The van der Waals surface area contributed by atoms with Gasteiger partial charge in [-0.3, -0.25) is 28.8 Å². The molecule has 0 spiro atoms. The number of para-hydroxylation sites is 1. The predicted octanol–water partition coefficient (Wildman–Crippen LogP) is 4.23. The van der Waals surface area contributed by atoms with Gasteiger partial charge in [0.15, 0.2) is 11.7 Å². The number of fused-ring (bicyclic) bond motifs is 10. The number of aliphatic hydroxyl groups is 4. The molecule has 1 saturated heterocycles. The number of ether oxygens (including phenoxy) is 6. The van der Waals surface area contributed by atoms with E-state index in [4.69, 9.17) is 33.4 Å². The third kappa shape index (κ3) is 16.3. The van der Waals surface area contributed by atoms with Crippen LogP contribution in [-0.2, 0) is 109 Å². The Labute approximate surface area is 618 Å². The summed E-state index contributed by atoms with van der Waals surface area (Å²) in [5.74, 6) is -5.26. The summed E-state index contributed by atoms with van der Waals surface area (Å²) in [6.07, 6.45) is -8.85. The lowest BCUT2D eigenvalue weighted by atomic mass is 9.81. The van der Waals surface area contributed by atoms with Crippen LogP contribution in [0.25, 0.3) is 44.8 Å². The van der Waals surface area contributed by atoms with Gasteiger partial charge in [0.1, 0.15) is 54.8 Å². The van der Waals surface area contributed by atoms with Crippen LogP contribution >= 0.6 is 0 Å². The summed E-state index contributed by atoms with van der Waals surface area (Å²) < 4.78 is 51.7. The number of carbonyl (C=O) groups is 8. The van der Waals surface area contributed by atoms with Crippen molar-refractivity contribution in [3.63, 3.8) is 0 Å². The molecule has 4 aliphatic heterocycles. The Morgan fingerprint density at radius 1 is 0.796 bits per heavy atom. The van der Waals surface area contributed by atoms with Gasteiger partial charge in [0.25, 0.3) is 5.56 Å². The summed E-state index contributed by atoms with van der Waals surface area (Å²) in [5, 5.41) is 76.8. The number of nitrogens with one attached hydrogen (secondary N) is 5. The van der Waals surface area contributed by atoms with Gasteiger partial charge >= 0.3 is 18.0 Å². The highest BCUT2D eigenvalue weighted by atomic mass is 19.1. The monoisotopic (exact) mass is 1490 g/mol. The standard InChI is InChI=1S/C76H86FN11O20/c1-5-76(102)49-33-55-63-47(37-88(55)71(97)48(49)39-105-74(76)100)62-51(23-22-44-40(2)50(77)34-53(82-63)61(44)62)83-75(101)106-38-41-21-24-56(107-73-68(95)66(93)67(94)69(108-73)72(98)99)43(32-41)35-80-57(89)25-28-79-70(96)52(17-12-13-27-78-58(90)26-29-104-31-30-103-4)81-59(91)19-10-11-20-60(92)87-36-42-14-6-7-15-45(42)65-64(84-85-86(65)3)46-16-8-9-18-54(46)87/h6-9,14-16,18,21,24,32-34,51-52,66-69,73,93-95,102H,5,10-13,17,19-20,22-23,25-31,35-39H2,1-4H3,(H,78,90)(H,79,96)(H,80,89)(H,81,91)(H,83,101)(H,98,99)/t51-,52-,66-,67-,68+,69-,73+,76-/m0/s1. The SMILES string of the molecule is CC[C@@]1(O)C(=O)OCc2c1cc1n(c2=O)Cc2c-1nc1cc(F)c(C)c3c1c2[C@@H](NC(=O)OCc1ccc(O[C@@H]2O[C@H](C(=O)O)[C@@H](O)[C@H](O)[C@H]2O)c(CNC(=O)CCNC(=O)[C@H](CCCCNC(=O)CCOCCOC)NC(=O)CCCCC(=O)N2Cc4ccccc4-c4c(nnn4C)-c4ccccc42)c1)CC3. The molecule has 0 saturated carbocycles. The van der Waals surface area contributed by atoms with Crippen LogP contribution in [-0.4, -0.2) is 174 Å². The van der Waals surface area contributed by atoms with Gasteiger partial charge in [-0.05, 0) is 110 Å². The molecule has 32 heteroatoms. The van der Waals surface area contributed by atoms with E-state index in [0.717, 1.165) is 22.4 Å². The number of halogens is 1. The first-order valence-corrected chi connectivity index (χ1v) is 36.0. The number of benzene rings is 4. The van der Waals surface area contributed by atoms with Crippen molar-refractivity contribution in [2.24, 2.45) is 7.05 Å². The Hall–Kier alpha value is -10.6. The minimum atomic E-state index is -2.11. The first-order valence-electron chi connectivity index (χ1n) is 36.0. The molecule has 1 aliphatic carbocycles. The normalized spacial score (nSPS) is 19.7. The van der Waals surface area contributed by atoms with E-state index in [0.29, 0.717) is 95.6 Å². The molecule has 0 radical (unpaired) electrons. The highest BCUT2D eigenvalue weighted by Gasteiger charge is 2.49. The van der Waals surface area contributed by atoms with Crippen molar-refractivity contribution in [2.75, 3.05) is 44.9 Å². The molecule has 0 unspecified atom stereocenters. The number of hydrogen-bond donors (Lipinski definition) is 10. The number of cyclic esters (lactones) is 1. The fourth-order valence-electron chi connectivity index (χ4n) is 14.5. The summed E-state index contributed by atoms with van der Waals surface area (Å²) in [6.45, 7) is 3.35. The molecule has 7 aromatic rings. The van der Waals surface area contributed by atoms with E-state index in [9.17, 15) is 68.7 Å². The van der Waals surface area contributed by atoms with Crippen molar-refractivity contribution in [1.82, 2.24) is 51.1 Å². The predicted molar refractivity (Wildman–Crippen MR) is 382 cm³/mol. The van der Waals surface area contributed by atoms with Gasteiger partial charge in [-0.15, -0.1) is 5.10 Å². The van der Waals surface area contributed by atoms with E-state index in [2.05, 4.69) is 36.9 Å². The number of aromatic nitrogens is 5. The maximum Gasteiger partial charge on any atom is 0.407 e. The number of anilines is 1. The number of aliphatic carboxylic acids is 1. The molecule has 5 aliphatic rings. The van der Waals surface area contributed by atoms with E-state index >= 15 is 4.39 Å². The number of esters is 1. The summed E-state index contributed by atoms with van der Waals surface area (Å²) in [7, 11) is 3.37. The summed E-state index contributed by atoms with van der Waals surface area (Å²) >= 11 is 0. The first-order chi connectivity index (χ1) is 52.0. The molecule has 108 heavy (non-hydrogen) atoms. The third-order valence-electron chi connectivity index (χ3n) is 20.4. The van der Waals surface area contributed by atoms with Gasteiger partial charge in [-0.1, -0.05) is 60.7 Å². The number of aryl methyl sites for hydroxylation is 2. The number of carboxylic acid groups (broad SMARTS) is 1. The smallest absolute Gasteiger partial charge is 0.407 e. The lowest BCUT2D eigenvalue weighted by Crippen LogP contribution is -2.61. The Kier molecular flexibility index (Phi) is 24.0. The van der Waals surface area contributed by atoms with E-state index in [1.807, 2.05) is 55.6 Å². The van der Waals surface area contributed by atoms with Crippen molar-refractivity contribution in [3.8, 4) is 39.7 Å². The summed E-state index contributed by atoms with van der Waals surface area (Å²) in [4.78, 5) is 128. The highest BCUT2D eigenvalue weighted by molar-refractivity contribution is 6.00. The third-order valence-corrected chi connectivity index (χ3v) is 20.4. The molecule has 10 N–H and O–H groups in total. The maximum atomic E-state index is 15.7. The topological polar surface area (TPSA) is 422 Å². The average Bonchev–Trinajstić information content (AvgIpc) is 1.51.